The maximum Gasteiger partial charge on any atom is 0.145 e. The molecule has 1 aromatic heterocycles. The van der Waals surface area contributed by atoms with Gasteiger partial charge in [-0.05, 0) is 49.6 Å². The van der Waals surface area contributed by atoms with Crippen molar-refractivity contribution in [3.05, 3.63) is 29.3 Å². The number of ether oxygens (including phenoxy) is 1. The zero-order valence-electron chi connectivity index (χ0n) is 10.4. The molecule has 2 aromatic rings. The van der Waals surface area contributed by atoms with E-state index in [2.05, 4.69) is 36.3 Å². The molecule has 17 heavy (non-hydrogen) atoms. The normalized spacial score (nSPS) is 17.9. The lowest BCUT2D eigenvalue weighted by molar-refractivity contribution is 0.418. The van der Waals surface area contributed by atoms with Gasteiger partial charge < -0.3 is 10.1 Å². The number of aryl methyl sites for hydroxylation is 1. The van der Waals surface area contributed by atoms with E-state index in [1.807, 2.05) is 6.07 Å². The molecule has 3 heteroatoms. The summed E-state index contributed by atoms with van der Waals surface area (Å²) in [5, 5.41) is 4.55. The fraction of sp³-hybridized carbons (Fsp3) is 0.357. The summed E-state index contributed by atoms with van der Waals surface area (Å²) in [6.45, 7) is 4.25. The number of fused-ring (bicyclic) bond motifs is 2. The van der Waals surface area contributed by atoms with Crippen LogP contribution in [0.2, 0.25) is 0 Å². The number of nitrogens with one attached hydrogen (secondary N) is 1. The first kappa shape index (κ1) is 10.4. The summed E-state index contributed by atoms with van der Waals surface area (Å²) in [5.74, 6) is 1.86. The molecule has 0 bridgehead atoms. The third kappa shape index (κ3) is 1.62. The SMILES string of the molecule is COc1cc(C)cc2cc3c(nc12)NC(C)C3. The van der Waals surface area contributed by atoms with Crippen LogP contribution >= 0.6 is 0 Å². The van der Waals surface area contributed by atoms with Gasteiger partial charge in [0.05, 0.1) is 7.11 Å². The first-order valence-electron chi connectivity index (χ1n) is 5.92. The highest BCUT2D eigenvalue weighted by Gasteiger charge is 2.19. The van der Waals surface area contributed by atoms with Crippen molar-refractivity contribution in [3.63, 3.8) is 0 Å². The van der Waals surface area contributed by atoms with E-state index in [0.29, 0.717) is 6.04 Å². The van der Waals surface area contributed by atoms with Gasteiger partial charge in [-0.3, -0.25) is 0 Å². The highest BCUT2D eigenvalue weighted by atomic mass is 16.5. The summed E-state index contributed by atoms with van der Waals surface area (Å²) in [4.78, 5) is 4.68. The Morgan fingerprint density at radius 2 is 2.18 bits per heavy atom. The summed E-state index contributed by atoms with van der Waals surface area (Å²) in [6, 6.07) is 6.89. The van der Waals surface area contributed by atoms with Crippen LogP contribution in [0.5, 0.6) is 5.75 Å². The van der Waals surface area contributed by atoms with Crippen molar-refractivity contribution in [3.8, 4) is 5.75 Å². The van der Waals surface area contributed by atoms with Gasteiger partial charge in [-0.25, -0.2) is 4.98 Å². The van der Waals surface area contributed by atoms with Crippen molar-refractivity contribution in [1.82, 2.24) is 4.98 Å². The molecule has 0 radical (unpaired) electrons. The Bertz CT molecular complexity index is 592. The van der Waals surface area contributed by atoms with E-state index in [9.17, 15) is 0 Å². The molecule has 0 saturated heterocycles. The summed E-state index contributed by atoms with van der Waals surface area (Å²) < 4.78 is 5.40. The van der Waals surface area contributed by atoms with E-state index in [0.717, 1.165) is 28.9 Å². The molecule has 2 heterocycles. The average molecular weight is 228 g/mol. The zero-order valence-corrected chi connectivity index (χ0v) is 10.4. The molecule has 0 saturated carbocycles. The van der Waals surface area contributed by atoms with Crippen LogP contribution in [0.1, 0.15) is 18.1 Å². The minimum Gasteiger partial charge on any atom is -0.494 e. The monoisotopic (exact) mass is 228 g/mol. The lowest BCUT2D eigenvalue weighted by Gasteiger charge is -2.08. The highest BCUT2D eigenvalue weighted by molar-refractivity contribution is 5.88. The van der Waals surface area contributed by atoms with E-state index >= 15 is 0 Å². The lowest BCUT2D eigenvalue weighted by Crippen LogP contribution is -2.08. The quantitative estimate of drug-likeness (QED) is 0.815. The molecule has 3 rings (SSSR count). The van der Waals surface area contributed by atoms with Gasteiger partial charge >= 0.3 is 0 Å². The summed E-state index contributed by atoms with van der Waals surface area (Å²) in [6.07, 6.45) is 1.05. The molecular weight excluding hydrogens is 212 g/mol. The molecular formula is C14H16N2O. The van der Waals surface area contributed by atoms with Crippen LogP contribution in [0.25, 0.3) is 10.9 Å². The number of hydrogen-bond donors (Lipinski definition) is 1. The Morgan fingerprint density at radius 1 is 1.35 bits per heavy atom. The number of rotatable bonds is 1. The van der Waals surface area contributed by atoms with Crippen molar-refractivity contribution in [2.45, 2.75) is 26.3 Å². The Balaban J connectivity index is 2.28. The van der Waals surface area contributed by atoms with E-state index in [4.69, 9.17) is 4.74 Å². The molecule has 0 aliphatic carbocycles. The van der Waals surface area contributed by atoms with Gasteiger partial charge in [-0.15, -0.1) is 0 Å². The third-order valence-electron chi connectivity index (χ3n) is 3.24. The number of methoxy groups -OCH3 is 1. The first-order valence-corrected chi connectivity index (χ1v) is 5.92. The number of nitrogens with zero attached hydrogens (tertiary/aromatic N) is 1. The van der Waals surface area contributed by atoms with E-state index in [1.165, 1.54) is 11.1 Å². The predicted octanol–water partition coefficient (Wildman–Crippen LogP) is 2.91. The molecule has 1 N–H and O–H groups in total. The first-order chi connectivity index (χ1) is 8.17. The highest BCUT2D eigenvalue weighted by Crippen LogP contribution is 2.32. The third-order valence-corrected chi connectivity index (χ3v) is 3.24. The fourth-order valence-corrected chi connectivity index (χ4v) is 2.49. The molecule has 1 aliphatic rings. The van der Waals surface area contributed by atoms with Crippen LogP contribution < -0.4 is 10.1 Å². The second-order valence-electron chi connectivity index (χ2n) is 4.78. The van der Waals surface area contributed by atoms with E-state index in [1.54, 1.807) is 7.11 Å². The van der Waals surface area contributed by atoms with Gasteiger partial charge in [-0.2, -0.15) is 0 Å². The van der Waals surface area contributed by atoms with Crippen LogP contribution in [-0.2, 0) is 6.42 Å². The van der Waals surface area contributed by atoms with Crippen molar-refractivity contribution in [1.29, 1.82) is 0 Å². The molecule has 0 fully saturated rings. The van der Waals surface area contributed by atoms with Crippen molar-refractivity contribution in [2.75, 3.05) is 12.4 Å². The molecule has 1 aromatic carbocycles. The largest absolute Gasteiger partial charge is 0.494 e. The molecule has 1 aliphatic heterocycles. The molecule has 88 valence electrons. The van der Waals surface area contributed by atoms with Crippen LogP contribution in [0.15, 0.2) is 18.2 Å². The van der Waals surface area contributed by atoms with Gasteiger partial charge in [0.2, 0.25) is 0 Å². The van der Waals surface area contributed by atoms with Crippen LogP contribution in [-0.4, -0.2) is 18.1 Å². The fourth-order valence-electron chi connectivity index (χ4n) is 2.49. The number of pyridine rings is 1. The average Bonchev–Trinajstić information content (AvgIpc) is 2.64. The molecule has 0 amide bonds. The van der Waals surface area contributed by atoms with Gasteiger partial charge in [0.15, 0.2) is 0 Å². The van der Waals surface area contributed by atoms with E-state index < -0.39 is 0 Å². The maximum absolute atomic E-state index is 5.40. The summed E-state index contributed by atoms with van der Waals surface area (Å²) >= 11 is 0. The molecule has 0 spiro atoms. The summed E-state index contributed by atoms with van der Waals surface area (Å²) in [7, 11) is 1.69. The standard InChI is InChI=1S/C14H16N2O/c1-8-4-10-7-11-6-9(2)15-14(11)16-13(10)12(5-8)17-3/h4-5,7,9H,6H2,1-3H3,(H,15,16). The Morgan fingerprint density at radius 3 is 2.94 bits per heavy atom. The zero-order chi connectivity index (χ0) is 12.0. The van der Waals surface area contributed by atoms with Crippen LogP contribution in [0.3, 0.4) is 0 Å². The van der Waals surface area contributed by atoms with Gasteiger partial charge in [0, 0.05) is 11.4 Å². The van der Waals surface area contributed by atoms with Crippen LogP contribution in [0.4, 0.5) is 5.82 Å². The number of anilines is 1. The number of aromatic nitrogens is 1. The topological polar surface area (TPSA) is 34.1 Å². The van der Waals surface area contributed by atoms with E-state index in [-0.39, 0.29) is 0 Å². The van der Waals surface area contributed by atoms with Gasteiger partial charge in [-0.1, -0.05) is 0 Å². The lowest BCUT2D eigenvalue weighted by atomic mass is 10.1. The predicted molar refractivity (Wildman–Crippen MR) is 69.8 cm³/mol. The maximum atomic E-state index is 5.40. The van der Waals surface area contributed by atoms with Gasteiger partial charge in [0.1, 0.15) is 17.1 Å². The minimum atomic E-state index is 0.474. The second-order valence-corrected chi connectivity index (χ2v) is 4.78. The van der Waals surface area contributed by atoms with Crippen molar-refractivity contribution < 1.29 is 4.74 Å². The van der Waals surface area contributed by atoms with Gasteiger partial charge in [0.25, 0.3) is 0 Å². The molecule has 3 nitrogen and oxygen atoms in total. The molecule has 1 atom stereocenters. The minimum absolute atomic E-state index is 0.474. The smallest absolute Gasteiger partial charge is 0.145 e. The summed E-state index contributed by atoms with van der Waals surface area (Å²) in [5.41, 5.74) is 3.45. The van der Waals surface area contributed by atoms with Crippen molar-refractivity contribution in [2.24, 2.45) is 0 Å². The molecule has 1 unspecified atom stereocenters. The van der Waals surface area contributed by atoms with Crippen LogP contribution in [0, 0.1) is 6.92 Å². The Labute approximate surface area is 101 Å². The second kappa shape index (κ2) is 3.62. The van der Waals surface area contributed by atoms with Crippen molar-refractivity contribution >= 4 is 16.7 Å². The Kier molecular flexibility index (Phi) is 2.21. The number of hydrogen-bond acceptors (Lipinski definition) is 3. The Hall–Kier alpha value is -1.77. The number of benzene rings is 1.